The van der Waals surface area contributed by atoms with Gasteiger partial charge in [-0.3, -0.25) is 4.98 Å². The Morgan fingerprint density at radius 3 is 2.24 bits per heavy atom. The summed E-state index contributed by atoms with van der Waals surface area (Å²) in [5, 5.41) is 18.0. The zero-order chi connectivity index (χ0) is 25.9. The second-order valence-corrected chi connectivity index (χ2v) is 9.07. The number of benzene rings is 2. The zero-order valence-corrected chi connectivity index (χ0v) is 20.8. The van der Waals surface area contributed by atoms with E-state index in [-0.39, 0.29) is 25.1 Å². The second kappa shape index (κ2) is 10.3. The number of fused-ring (bicyclic) bond motifs is 1. The molecule has 3 aromatic heterocycles. The predicted octanol–water partition coefficient (Wildman–Crippen LogP) is 2.97. The van der Waals surface area contributed by atoms with Gasteiger partial charge in [0.2, 0.25) is 5.95 Å². The maximum absolute atomic E-state index is 13.5. The molecule has 4 N–H and O–H groups in total. The summed E-state index contributed by atoms with van der Waals surface area (Å²) in [4.78, 5) is 22.6. The van der Waals surface area contributed by atoms with E-state index in [2.05, 4.69) is 15.3 Å². The van der Waals surface area contributed by atoms with Crippen molar-refractivity contribution < 1.29 is 5.11 Å². The average molecular weight is 496 g/mol. The molecular weight excluding hydrogens is 466 g/mol. The molecule has 0 unspecified atom stereocenters. The standard InChI is InChI=1S/C28H29N7O2/c1-18-13-22(14-19(2)31-18)24-25(21-11-7-4-8-12-21)32-27(29)35-26(24)33-34(28(35)37)16-23(17-36)30-15-20-9-5-3-6-10-20/h3-14,23,30,36H,15-17H2,1-2H3,(H2,29,32)/t23-/m1/s1. The molecule has 0 aliphatic carbocycles. The fraction of sp³-hybridized carbons (Fsp3) is 0.214. The predicted molar refractivity (Wildman–Crippen MR) is 144 cm³/mol. The van der Waals surface area contributed by atoms with E-state index in [9.17, 15) is 9.90 Å². The van der Waals surface area contributed by atoms with Gasteiger partial charge in [0, 0.05) is 23.5 Å². The number of hydrogen-bond donors (Lipinski definition) is 3. The van der Waals surface area contributed by atoms with Crippen molar-refractivity contribution in [3.8, 4) is 22.4 Å². The number of anilines is 1. The Bertz CT molecular complexity index is 1570. The van der Waals surface area contributed by atoms with Crippen LogP contribution in [-0.2, 0) is 13.1 Å². The van der Waals surface area contributed by atoms with Crippen LogP contribution in [0.15, 0.2) is 77.6 Å². The number of aliphatic hydroxyl groups is 1. The van der Waals surface area contributed by atoms with Gasteiger partial charge in [0.05, 0.1) is 30.5 Å². The molecule has 0 saturated carbocycles. The summed E-state index contributed by atoms with van der Waals surface area (Å²) in [5.41, 5.74) is 12.1. The second-order valence-electron chi connectivity index (χ2n) is 9.07. The van der Waals surface area contributed by atoms with Crippen molar-refractivity contribution in [2.45, 2.75) is 33.0 Å². The Kier molecular flexibility index (Phi) is 6.80. The van der Waals surface area contributed by atoms with Crippen molar-refractivity contribution in [3.63, 3.8) is 0 Å². The minimum atomic E-state index is -0.414. The molecule has 0 aliphatic rings. The van der Waals surface area contributed by atoms with Gasteiger partial charge in [-0.05, 0) is 37.1 Å². The first-order chi connectivity index (χ1) is 17.9. The van der Waals surface area contributed by atoms with Gasteiger partial charge < -0.3 is 16.2 Å². The Hall–Kier alpha value is -4.34. The van der Waals surface area contributed by atoms with E-state index < -0.39 is 5.69 Å². The molecule has 0 radical (unpaired) electrons. The molecule has 2 aromatic carbocycles. The van der Waals surface area contributed by atoms with E-state index in [4.69, 9.17) is 10.8 Å². The minimum absolute atomic E-state index is 0.0501. The number of pyridine rings is 1. The molecule has 0 bridgehead atoms. The first-order valence-corrected chi connectivity index (χ1v) is 12.1. The maximum atomic E-state index is 13.5. The molecule has 188 valence electrons. The summed E-state index contributed by atoms with van der Waals surface area (Å²) >= 11 is 0. The maximum Gasteiger partial charge on any atom is 0.353 e. The molecule has 9 heteroatoms. The Balaban J connectivity index is 1.63. The number of nitrogens with two attached hydrogens (primary N) is 1. The van der Waals surface area contributed by atoms with Crippen LogP contribution in [0.4, 0.5) is 5.95 Å². The Labute approximate surface area is 214 Å². The normalized spacial score (nSPS) is 12.2. The lowest BCUT2D eigenvalue weighted by Gasteiger charge is -2.15. The average Bonchev–Trinajstić information content (AvgIpc) is 3.22. The molecular formula is C28H29N7O2. The van der Waals surface area contributed by atoms with Gasteiger partial charge in [0.15, 0.2) is 5.65 Å². The van der Waals surface area contributed by atoms with Crippen molar-refractivity contribution in [2.75, 3.05) is 12.3 Å². The van der Waals surface area contributed by atoms with Crippen molar-refractivity contribution >= 4 is 11.6 Å². The Morgan fingerprint density at radius 2 is 1.59 bits per heavy atom. The van der Waals surface area contributed by atoms with Crippen LogP contribution >= 0.6 is 0 Å². The summed E-state index contributed by atoms with van der Waals surface area (Å²) in [6, 6.07) is 23.1. The van der Waals surface area contributed by atoms with Crippen LogP contribution in [0.3, 0.4) is 0 Å². The van der Waals surface area contributed by atoms with Crippen LogP contribution in [0.5, 0.6) is 0 Å². The third kappa shape index (κ3) is 5.00. The summed E-state index contributed by atoms with van der Waals surface area (Å²) < 4.78 is 2.67. The van der Waals surface area contributed by atoms with Crippen molar-refractivity contribution in [3.05, 3.63) is 100 Å². The quantitative estimate of drug-likeness (QED) is 0.302. The highest BCUT2D eigenvalue weighted by atomic mass is 16.3. The monoisotopic (exact) mass is 495 g/mol. The lowest BCUT2D eigenvalue weighted by Crippen LogP contribution is -2.39. The van der Waals surface area contributed by atoms with Crippen molar-refractivity contribution in [2.24, 2.45) is 0 Å². The van der Waals surface area contributed by atoms with Gasteiger partial charge in [0.1, 0.15) is 0 Å². The van der Waals surface area contributed by atoms with Crippen LogP contribution in [0.1, 0.15) is 17.0 Å². The molecule has 0 spiro atoms. The van der Waals surface area contributed by atoms with Gasteiger partial charge in [-0.25, -0.2) is 18.9 Å². The van der Waals surface area contributed by atoms with Crippen molar-refractivity contribution in [1.82, 2.24) is 29.5 Å². The van der Waals surface area contributed by atoms with Gasteiger partial charge in [-0.15, -0.1) is 5.10 Å². The molecule has 0 fully saturated rings. The molecule has 37 heavy (non-hydrogen) atoms. The molecule has 9 nitrogen and oxygen atoms in total. The number of aromatic nitrogens is 5. The third-order valence-electron chi connectivity index (χ3n) is 6.22. The van der Waals surface area contributed by atoms with E-state index in [1.807, 2.05) is 86.6 Å². The van der Waals surface area contributed by atoms with E-state index in [1.165, 1.54) is 9.08 Å². The molecule has 0 amide bonds. The number of aliphatic hydroxyl groups excluding tert-OH is 1. The van der Waals surface area contributed by atoms with E-state index >= 15 is 0 Å². The summed E-state index contributed by atoms with van der Waals surface area (Å²) in [5.74, 6) is 0.0501. The van der Waals surface area contributed by atoms with Gasteiger partial charge in [-0.1, -0.05) is 60.7 Å². The van der Waals surface area contributed by atoms with Gasteiger partial charge in [-0.2, -0.15) is 0 Å². The van der Waals surface area contributed by atoms with Crippen LogP contribution in [0, 0.1) is 13.8 Å². The largest absolute Gasteiger partial charge is 0.395 e. The number of hydrogen-bond acceptors (Lipinski definition) is 7. The number of nitrogen functional groups attached to an aromatic ring is 1. The van der Waals surface area contributed by atoms with Crippen LogP contribution in [0.25, 0.3) is 28.0 Å². The van der Waals surface area contributed by atoms with Gasteiger partial charge >= 0.3 is 5.69 Å². The SMILES string of the molecule is Cc1cc(-c2c(-c3ccccc3)nc(N)n3c(=O)n(C[C@H](CO)NCc4ccccc4)nc23)cc(C)n1. The number of nitrogens with zero attached hydrogens (tertiary/aromatic N) is 5. The van der Waals surface area contributed by atoms with Crippen LogP contribution < -0.4 is 16.7 Å². The topological polar surface area (TPSA) is 123 Å². The number of aryl methyl sites for hydroxylation is 2. The molecule has 1 atom stereocenters. The minimum Gasteiger partial charge on any atom is -0.395 e. The molecule has 0 saturated heterocycles. The third-order valence-corrected chi connectivity index (χ3v) is 6.22. The molecule has 5 rings (SSSR count). The smallest absolute Gasteiger partial charge is 0.353 e. The molecule has 5 aromatic rings. The fourth-order valence-corrected chi connectivity index (χ4v) is 4.52. The highest BCUT2D eigenvalue weighted by molar-refractivity contribution is 5.90. The fourth-order valence-electron chi connectivity index (χ4n) is 4.52. The van der Waals surface area contributed by atoms with Gasteiger partial charge in [0.25, 0.3) is 0 Å². The first-order valence-electron chi connectivity index (χ1n) is 12.1. The zero-order valence-electron chi connectivity index (χ0n) is 20.8. The molecule has 3 heterocycles. The Morgan fingerprint density at radius 1 is 0.946 bits per heavy atom. The van der Waals surface area contributed by atoms with Crippen molar-refractivity contribution in [1.29, 1.82) is 0 Å². The van der Waals surface area contributed by atoms with E-state index in [0.29, 0.717) is 23.4 Å². The highest BCUT2D eigenvalue weighted by Gasteiger charge is 2.23. The van der Waals surface area contributed by atoms with Crippen LogP contribution in [-0.4, -0.2) is 41.9 Å². The number of nitrogens with one attached hydrogen (secondary N) is 1. The lowest BCUT2D eigenvalue weighted by atomic mass is 9.99. The van der Waals surface area contributed by atoms with E-state index in [0.717, 1.165) is 28.1 Å². The first kappa shape index (κ1) is 24.4. The van der Waals surface area contributed by atoms with Crippen LogP contribution in [0.2, 0.25) is 0 Å². The summed E-state index contributed by atoms with van der Waals surface area (Å²) in [6.45, 7) is 4.41. The summed E-state index contributed by atoms with van der Waals surface area (Å²) in [6.07, 6.45) is 0. The molecule has 0 aliphatic heterocycles. The number of rotatable bonds is 8. The highest BCUT2D eigenvalue weighted by Crippen LogP contribution is 2.34. The summed E-state index contributed by atoms with van der Waals surface area (Å²) in [7, 11) is 0. The van der Waals surface area contributed by atoms with E-state index in [1.54, 1.807) is 0 Å². The lowest BCUT2D eigenvalue weighted by molar-refractivity contribution is 0.223.